The molecule has 0 unspecified atom stereocenters. The molecular formula is C26H42N4O3. The van der Waals surface area contributed by atoms with E-state index >= 15 is 0 Å². The zero-order valence-electron chi connectivity index (χ0n) is 21.3. The lowest BCUT2D eigenvalue weighted by Gasteiger charge is -2.28. The number of carbonyl (C=O) groups excluding carboxylic acids is 3. The van der Waals surface area contributed by atoms with E-state index in [-0.39, 0.29) is 23.6 Å². The van der Waals surface area contributed by atoms with Crippen molar-refractivity contribution < 1.29 is 14.4 Å². The van der Waals surface area contributed by atoms with Crippen LogP contribution < -0.4 is 10.2 Å². The fourth-order valence-corrected chi connectivity index (χ4v) is 4.21. The standard InChI is InChI=1S/C26H42N4O3/c1-7-28(8-2)26(33)22-18-21(27-24(31)16-19(3)4)10-11-23(22)29-12-9-13-30(15-14-29)25(32)17-20(5)6/h10-11,18-20H,7-9,12-17H2,1-6H3,(H,27,31). The minimum absolute atomic E-state index is 0.0352. The summed E-state index contributed by atoms with van der Waals surface area (Å²) in [6.07, 6.45) is 1.86. The van der Waals surface area contributed by atoms with Gasteiger partial charge >= 0.3 is 0 Å². The summed E-state index contributed by atoms with van der Waals surface area (Å²) in [4.78, 5) is 44.2. The summed E-state index contributed by atoms with van der Waals surface area (Å²) in [5.41, 5.74) is 2.11. The minimum Gasteiger partial charge on any atom is -0.369 e. The number of carbonyl (C=O) groups is 3. The van der Waals surface area contributed by atoms with Crippen LogP contribution in [0.2, 0.25) is 0 Å². The molecule has 0 atom stereocenters. The molecule has 1 heterocycles. The second kappa shape index (κ2) is 12.6. The number of nitrogens with zero attached hydrogens (tertiary/aromatic N) is 3. The molecule has 1 aliphatic heterocycles. The van der Waals surface area contributed by atoms with Gasteiger partial charge in [-0.3, -0.25) is 14.4 Å². The first-order chi connectivity index (χ1) is 15.7. The fraction of sp³-hybridized carbons (Fsp3) is 0.654. The molecular weight excluding hydrogens is 416 g/mol. The fourth-order valence-electron chi connectivity index (χ4n) is 4.21. The molecule has 7 heteroatoms. The Labute approximate surface area is 199 Å². The van der Waals surface area contributed by atoms with E-state index < -0.39 is 0 Å². The van der Waals surface area contributed by atoms with Gasteiger partial charge < -0.3 is 20.0 Å². The van der Waals surface area contributed by atoms with Crippen molar-refractivity contribution in [3.8, 4) is 0 Å². The summed E-state index contributed by atoms with van der Waals surface area (Å²) >= 11 is 0. The SMILES string of the molecule is CCN(CC)C(=O)c1cc(NC(=O)CC(C)C)ccc1N1CCCN(C(=O)CC(C)C)CC1. The summed E-state index contributed by atoms with van der Waals surface area (Å²) in [7, 11) is 0. The zero-order valence-corrected chi connectivity index (χ0v) is 21.3. The van der Waals surface area contributed by atoms with Gasteiger partial charge in [0.15, 0.2) is 0 Å². The van der Waals surface area contributed by atoms with Crippen molar-refractivity contribution in [3.05, 3.63) is 23.8 Å². The Morgan fingerprint density at radius 1 is 0.939 bits per heavy atom. The van der Waals surface area contributed by atoms with Crippen LogP contribution in [0.1, 0.15) is 71.2 Å². The van der Waals surface area contributed by atoms with Gasteiger partial charge in [-0.05, 0) is 50.3 Å². The predicted octanol–water partition coefficient (Wildman–Crippen LogP) is 4.24. The van der Waals surface area contributed by atoms with E-state index in [0.29, 0.717) is 56.2 Å². The summed E-state index contributed by atoms with van der Waals surface area (Å²) < 4.78 is 0. The zero-order chi connectivity index (χ0) is 24.5. The molecule has 1 aromatic rings. The van der Waals surface area contributed by atoms with Gasteiger partial charge in [-0.2, -0.15) is 0 Å². The molecule has 1 fully saturated rings. The highest BCUT2D eigenvalue weighted by Crippen LogP contribution is 2.27. The number of nitrogens with one attached hydrogen (secondary N) is 1. The quantitative estimate of drug-likeness (QED) is 0.601. The van der Waals surface area contributed by atoms with Gasteiger partial charge in [0.1, 0.15) is 0 Å². The van der Waals surface area contributed by atoms with Crippen molar-refractivity contribution in [2.45, 2.75) is 60.8 Å². The van der Waals surface area contributed by atoms with Gasteiger partial charge in [0.2, 0.25) is 11.8 Å². The predicted molar refractivity (Wildman–Crippen MR) is 135 cm³/mol. The third-order valence-corrected chi connectivity index (χ3v) is 5.93. The largest absolute Gasteiger partial charge is 0.369 e. The molecule has 0 aromatic heterocycles. The van der Waals surface area contributed by atoms with E-state index in [2.05, 4.69) is 24.1 Å². The van der Waals surface area contributed by atoms with Crippen molar-refractivity contribution in [2.75, 3.05) is 49.5 Å². The Morgan fingerprint density at radius 3 is 2.21 bits per heavy atom. The van der Waals surface area contributed by atoms with Crippen molar-refractivity contribution in [1.82, 2.24) is 9.80 Å². The maximum absolute atomic E-state index is 13.4. The van der Waals surface area contributed by atoms with Crippen molar-refractivity contribution in [1.29, 1.82) is 0 Å². The van der Waals surface area contributed by atoms with E-state index in [0.717, 1.165) is 25.2 Å². The third kappa shape index (κ3) is 7.76. The Balaban J connectivity index is 2.29. The summed E-state index contributed by atoms with van der Waals surface area (Å²) in [6.45, 7) is 16.2. The molecule has 33 heavy (non-hydrogen) atoms. The molecule has 184 valence electrons. The lowest BCUT2D eigenvalue weighted by Crippen LogP contribution is -2.37. The van der Waals surface area contributed by atoms with Crippen molar-refractivity contribution in [3.63, 3.8) is 0 Å². The number of benzene rings is 1. The van der Waals surface area contributed by atoms with Crippen LogP contribution in [0.4, 0.5) is 11.4 Å². The number of rotatable bonds is 9. The highest BCUT2D eigenvalue weighted by atomic mass is 16.2. The van der Waals surface area contributed by atoms with Gasteiger partial charge in [0, 0.05) is 63.5 Å². The van der Waals surface area contributed by atoms with E-state index in [1.807, 2.05) is 44.7 Å². The van der Waals surface area contributed by atoms with Crippen LogP contribution in [0, 0.1) is 11.8 Å². The highest BCUT2D eigenvalue weighted by molar-refractivity contribution is 6.02. The van der Waals surface area contributed by atoms with Crippen LogP contribution in [-0.2, 0) is 9.59 Å². The maximum Gasteiger partial charge on any atom is 0.256 e. The van der Waals surface area contributed by atoms with Crippen molar-refractivity contribution in [2.24, 2.45) is 11.8 Å². The topological polar surface area (TPSA) is 73.0 Å². The second-order valence-corrected chi connectivity index (χ2v) is 9.67. The maximum atomic E-state index is 13.4. The Bertz CT molecular complexity index is 818. The lowest BCUT2D eigenvalue weighted by atomic mass is 10.1. The first kappa shape index (κ1) is 26.7. The van der Waals surface area contributed by atoms with E-state index in [1.165, 1.54) is 0 Å². The van der Waals surface area contributed by atoms with Gasteiger partial charge in [-0.15, -0.1) is 0 Å². The van der Waals surface area contributed by atoms with E-state index in [4.69, 9.17) is 0 Å². The van der Waals surface area contributed by atoms with Gasteiger partial charge in [0.05, 0.1) is 5.56 Å². The number of amides is 3. The molecule has 1 saturated heterocycles. The molecule has 0 aliphatic carbocycles. The number of hydrogen-bond donors (Lipinski definition) is 1. The van der Waals surface area contributed by atoms with Crippen LogP contribution >= 0.6 is 0 Å². The van der Waals surface area contributed by atoms with Gasteiger partial charge in [-0.1, -0.05) is 27.7 Å². The molecule has 0 radical (unpaired) electrons. The molecule has 7 nitrogen and oxygen atoms in total. The first-order valence-corrected chi connectivity index (χ1v) is 12.4. The second-order valence-electron chi connectivity index (χ2n) is 9.67. The van der Waals surface area contributed by atoms with Crippen LogP contribution in [0.25, 0.3) is 0 Å². The molecule has 0 saturated carbocycles. The Kier molecular flexibility index (Phi) is 10.2. The van der Waals surface area contributed by atoms with Crippen molar-refractivity contribution >= 4 is 29.1 Å². The molecule has 2 rings (SSSR count). The molecule has 1 aromatic carbocycles. The average Bonchev–Trinajstić information content (AvgIpc) is 2.99. The van der Waals surface area contributed by atoms with Gasteiger partial charge in [-0.25, -0.2) is 0 Å². The number of hydrogen-bond acceptors (Lipinski definition) is 4. The van der Waals surface area contributed by atoms with E-state index in [1.54, 1.807) is 11.0 Å². The lowest BCUT2D eigenvalue weighted by molar-refractivity contribution is -0.131. The molecule has 0 bridgehead atoms. The molecule has 1 aliphatic rings. The third-order valence-electron chi connectivity index (χ3n) is 5.93. The smallest absolute Gasteiger partial charge is 0.256 e. The van der Waals surface area contributed by atoms with Gasteiger partial charge in [0.25, 0.3) is 5.91 Å². The molecule has 0 spiro atoms. The monoisotopic (exact) mass is 458 g/mol. The molecule has 3 amide bonds. The Hall–Kier alpha value is -2.57. The van der Waals surface area contributed by atoms with E-state index in [9.17, 15) is 14.4 Å². The van der Waals surface area contributed by atoms with Crippen LogP contribution in [0.15, 0.2) is 18.2 Å². The first-order valence-electron chi connectivity index (χ1n) is 12.4. The molecule has 1 N–H and O–H groups in total. The highest BCUT2D eigenvalue weighted by Gasteiger charge is 2.25. The Morgan fingerprint density at radius 2 is 1.61 bits per heavy atom. The number of anilines is 2. The summed E-state index contributed by atoms with van der Waals surface area (Å²) in [5, 5.41) is 2.95. The van der Waals surface area contributed by atoms with Crippen LogP contribution in [0.5, 0.6) is 0 Å². The van der Waals surface area contributed by atoms with Crippen LogP contribution in [-0.4, -0.2) is 66.8 Å². The average molecular weight is 459 g/mol. The minimum atomic E-state index is -0.0481. The summed E-state index contributed by atoms with van der Waals surface area (Å²) in [6, 6.07) is 5.62. The normalized spacial score (nSPS) is 14.4. The summed E-state index contributed by atoms with van der Waals surface area (Å²) in [5.74, 6) is 0.725. The van der Waals surface area contributed by atoms with Crippen LogP contribution in [0.3, 0.4) is 0 Å².